The number of carboxylic acids is 1. The maximum atomic E-state index is 12.3. The van der Waals surface area contributed by atoms with E-state index in [4.69, 9.17) is 16.6 Å². The molecular formula is C30H22ClN3O3S. The Kier molecular flexibility index (Phi) is 5.97. The summed E-state index contributed by atoms with van der Waals surface area (Å²) in [5, 5.41) is 11.1. The van der Waals surface area contributed by atoms with E-state index < -0.39 is 5.97 Å². The van der Waals surface area contributed by atoms with E-state index in [0.29, 0.717) is 11.4 Å². The van der Waals surface area contributed by atoms with Gasteiger partial charge in [-0.25, -0.2) is 4.98 Å². The number of hydrogen-bond donors (Lipinski definition) is 1. The van der Waals surface area contributed by atoms with Gasteiger partial charge in [-0.2, -0.15) is 0 Å². The van der Waals surface area contributed by atoms with Crippen LogP contribution in [0, 0.1) is 6.92 Å². The zero-order chi connectivity index (χ0) is 26.6. The SMILES string of the molecule is Cc1cc2nc(-c3ccnc(-c4cccc5c4CC(=O)N5C)c3)sc2c(-c2ccc(Cl)cc2)c1CC(=O)O. The lowest BCUT2D eigenvalue weighted by Gasteiger charge is -2.13. The van der Waals surface area contributed by atoms with Crippen LogP contribution in [0.3, 0.4) is 0 Å². The number of likely N-dealkylation sites (N-methyl/N-ethyl adjacent to an activating group) is 1. The van der Waals surface area contributed by atoms with Crippen LogP contribution >= 0.6 is 22.9 Å². The van der Waals surface area contributed by atoms with E-state index in [2.05, 4.69) is 4.98 Å². The monoisotopic (exact) mass is 539 g/mol. The molecule has 1 N–H and O–H groups in total. The Labute approximate surface area is 228 Å². The lowest BCUT2D eigenvalue weighted by atomic mass is 9.93. The van der Waals surface area contributed by atoms with Crippen LogP contribution in [0.1, 0.15) is 16.7 Å². The number of fused-ring (bicyclic) bond motifs is 2. The minimum absolute atomic E-state index is 0.0667. The standard InChI is InChI=1S/C30H22ClN3O3S/c1-16-12-24-29(28(21(16)15-27(36)37)17-6-8-19(31)9-7-17)38-30(33-24)18-10-11-32-23(13-18)20-4-3-5-25-22(20)14-26(35)34(25)2/h3-13H,14-15H2,1-2H3,(H,36,37). The average molecular weight is 540 g/mol. The van der Waals surface area contributed by atoms with Crippen molar-refractivity contribution in [3.05, 3.63) is 88.6 Å². The van der Waals surface area contributed by atoms with Gasteiger partial charge in [0.2, 0.25) is 5.91 Å². The van der Waals surface area contributed by atoms with Gasteiger partial charge in [0.25, 0.3) is 0 Å². The number of amides is 1. The van der Waals surface area contributed by atoms with E-state index in [0.717, 1.165) is 65.5 Å². The topological polar surface area (TPSA) is 83.4 Å². The van der Waals surface area contributed by atoms with Crippen LogP contribution in [0.4, 0.5) is 5.69 Å². The Morgan fingerprint density at radius 1 is 1.11 bits per heavy atom. The number of anilines is 1. The van der Waals surface area contributed by atoms with Crippen molar-refractivity contribution in [2.45, 2.75) is 19.8 Å². The summed E-state index contributed by atoms with van der Waals surface area (Å²) in [4.78, 5) is 35.4. The van der Waals surface area contributed by atoms with Crippen LogP contribution in [-0.2, 0) is 22.4 Å². The Bertz CT molecular complexity index is 1760. The molecule has 0 aliphatic carbocycles. The molecule has 0 fully saturated rings. The molecule has 1 aliphatic heterocycles. The molecule has 0 atom stereocenters. The molecule has 188 valence electrons. The van der Waals surface area contributed by atoms with Crippen LogP contribution in [0.15, 0.2) is 66.9 Å². The zero-order valence-corrected chi connectivity index (χ0v) is 22.2. The Morgan fingerprint density at radius 3 is 2.66 bits per heavy atom. The van der Waals surface area contributed by atoms with E-state index in [1.54, 1.807) is 18.1 Å². The largest absolute Gasteiger partial charge is 0.481 e. The number of aromatic nitrogens is 2. The molecule has 0 saturated carbocycles. The number of carbonyl (C=O) groups excluding carboxylic acids is 1. The summed E-state index contributed by atoms with van der Waals surface area (Å²) >= 11 is 7.67. The lowest BCUT2D eigenvalue weighted by Crippen LogP contribution is -2.20. The molecule has 5 aromatic rings. The highest BCUT2D eigenvalue weighted by molar-refractivity contribution is 7.22. The second-order valence-corrected chi connectivity index (χ2v) is 10.8. The molecule has 6 rings (SSSR count). The van der Waals surface area contributed by atoms with Gasteiger partial charge >= 0.3 is 5.97 Å². The second kappa shape index (κ2) is 9.35. The first-order valence-corrected chi connectivity index (χ1v) is 13.3. The number of thiazole rings is 1. The van der Waals surface area contributed by atoms with Gasteiger partial charge in [0, 0.05) is 40.6 Å². The van der Waals surface area contributed by atoms with Crippen molar-refractivity contribution in [3.63, 3.8) is 0 Å². The molecule has 0 radical (unpaired) electrons. The molecule has 0 bridgehead atoms. The van der Waals surface area contributed by atoms with Gasteiger partial charge in [0.05, 0.1) is 28.8 Å². The maximum Gasteiger partial charge on any atom is 0.307 e. The summed E-state index contributed by atoms with van der Waals surface area (Å²) in [5.41, 5.74) is 8.75. The van der Waals surface area contributed by atoms with Crippen LogP contribution in [0.2, 0.25) is 5.02 Å². The van der Waals surface area contributed by atoms with E-state index in [1.807, 2.05) is 67.6 Å². The fraction of sp³-hybridized carbons (Fsp3) is 0.133. The third-order valence-electron chi connectivity index (χ3n) is 6.97. The molecule has 3 heterocycles. The van der Waals surface area contributed by atoms with Crippen molar-refractivity contribution in [2.75, 3.05) is 11.9 Å². The summed E-state index contributed by atoms with van der Waals surface area (Å²) in [6.45, 7) is 1.93. The van der Waals surface area contributed by atoms with Crippen molar-refractivity contribution < 1.29 is 14.7 Å². The number of aryl methyl sites for hydroxylation is 1. The normalized spacial score (nSPS) is 12.8. The Balaban J connectivity index is 1.51. The third-order valence-corrected chi connectivity index (χ3v) is 8.36. The third kappa shape index (κ3) is 4.14. The predicted octanol–water partition coefficient (Wildman–Crippen LogP) is 6.80. The summed E-state index contributed by atoms with van der Waals surface area (Å²) < 4.78 is 0.926. The quantitative estimate of drug-likeness (QED) is 0.265. The van der Waals surface area contributed by atoms with Gasteiger partial charge in [-0.15, -0.1) is 11.3 Å². The molecule has 38 heavy (non-hydrogen) atoms. The number of carboxylic acid groups (broad SMARTS) is 1. The summed E-state index contributed by atoms with van der Waals surface area (Å²) in [6, 6.07) is 19.2. The average Bonchev–Trinajstić information content (AvgIpc) is 3.45. The van der Waals surface area contributed by atoms with Crippen molar-refractivity contribution in [1.29, 1.82) is 0 Å². The summed E-state index contributed by atoms with van der Waals surface area (Å²) in [7, 11) is 1.79. The number of nitrogens with zero attached hydrogens (tertiary/aromatic N) is 3. The molecule has 8 heteroatoms. The minimum Gasteiger partial charge on any atom is -0.481 e. The number of pyridine rings is 1. The first-order valence-electron chi connectivity index (χ1n) is 12.1. The van der Waals surface area contributed by atoms with Gasteiger partial charge in [-0.3, -0.25) is 14.6 Å². The summed E-state index contributed by atoms with van der Waals surface area (Å²) in [5.74, 6) is -0.817. The molecule has 1 aliphatic rings. The van der Waals surface area contributed by atoms with Crippen LogP contribution in [0.25, 0.3) is 43.2 Å². The number of halogens is 1. The molecule has 0 spiro atoms. The Hall–Kier alpha value is -4.07. The number of hydrogen-bond acceptors (Lipinski definition) is 5. The molecular weight excluding hydrogens is 518 g/mol. The highest BCUT2D eigenvalue weighted by Crippen LogP contribution is 2.42. The predicted molar refractivity (Wildman–Crippen MR) is 152 cm³/mol. The lowest BCUT2D eigenvalue weighted by molar-refractivity contribution is -0.136. The van der Waals surface area contributed by atoms with Gasteiger partial charge in [-0.1, -0.05) is 35.9 Å². The maximum absolute atomic E-state index is 12.3. The number of aliphatic carboxylic acids is 1. The fourth-order valence-corrected chi connectivity index (χ4v) is 6.35. The van der Waals surface area contributed by atoms with Gasteiger partial charge in [-0.05, 0) is 65.6 Å². The highest BCUT2D eigenvalue weighted by Gasteiger charge is 2.27. The van der Waals surface area contributed by atoms with E-state index >= 15 is 0 Å². The van der Waals surface area contributed by atoms with Gasteiger partial charge in [0.15, 0.2) is 0 Å². The molecule has 0 saturated heterocycles. The fourth-order valence-electron chi connectivity index (χ4n) is 5.09. The van der Waals surface area contributed by atoms with E-state index in [9.17, 15) is 14.7 Å². The van der Waals surface area contributed by atoms with Crippen molar-refractivity contribution in [1.82, 2.24) is 9.97 Å². The number of rotatable bonds is 5. The molecule has 0 unspecified atom stereocenters. The van der Waals surface area contributed by atoms with Crippen LogP contribution < -0.4 is 4.90 Å². The van der Waals surface area contributed by atoms with Gasteiger partial charge < -0.3 is 10.0 Å². The number of benzene rings is 3. The molecule has 3 aromatic carbocycles. The van der Waals surface area contributed by atoms with Crippen LogP contribution in [0.5, 0.6) is 0 Å². The van der Waals surface area contributed by atoms with Crippen molar-refractivity contribution >= 4 is 50.7 Å². The molecule has 2 aromatic heterocycles. The Morgan fingerprint density at radius 2 is 1.89 bits per heavy atom. The molecule has 6 nitrogen and oxygen atoms in total. The zero-order valence-electron chi connectivity index (χ0n) is 20.7. The highest BCUT2D eigenvalue weighted by atomic mass is 35.5. The summed E-state index contributed by atoms with van der Waals surface area (Å²) in [6.07, 6.45) is 2.03. The van der Waals surface area contributed by atoms with Crippen molar-refractivity contribution in [3.8, 4) is 33.0 Å². The number of carbonyl (C=O) groups is 2. The van der Waals surface area contributed by atoms with Gasteiger partial charge in [0.1, 0.15) is 5.01 Å². The molecule has 1 amide bonds. The van der Waals surface area contributed by atoms with E-state index in [-0.39, 0.29) is 12.3 Å². The minimum atomic E-state index is -0.884. The smallest absolute Gasteiger partial charge is 0.307 e. The second-order valence-electron chi connectivity index (χ2n) is 9.35. The van der Waals surface area contributed by atoms with Crippen molar-refractivity contribution in [2.24, 2.45) is 0 Å². The first kappa shape index (κ1) is 24.3. The first-order chi connectivity index (χ1) is 18.3. The van der Waals surface area contributed by atoms with E-state index in [1.165, 1.54) is 11.3 Å². The van der Waals surface area contributed by atoms with Crippen LogP contribution in [-0.4, -0.2) is 34.0 Å².